The van der Waals surface area contributed by atoms with Gasteiger partial charge in [-0.2, -0.15) is 5.10 Å². The smallest absolute Gasteiger partial charge is 0.0521 e. The van der Waals surface area contributed by atoms with Crippen LogP contribution in [0.15, 0.2) is 12.3 Å². The molecule has 1 aromatic rings. The molecule has 4 nitrogen and oxygen atoms in total. The third kappa shape index (κ3) is 3.82. The van der Waals surface area contributed by atoms with Crippen LogP contribution < -0.4 is 5.32 Å². The summed E-state index contributed by atoms with van der Waals surface area (Å²) >= 11 is 0. The highest BCUT2D eigenvalue weighted by Crippen LogP contribution is 2.17. The first-order valence-corrected chi connectivity index (χ1v) is 7.07. The van der Waals surface area contributed by atoms with Crippen molar-refractivity contribution in [3.05, 3.63) is 18.0 Å². The summed E-state index contributed by atoms with van der Waals surface area (Å²) in [7, 11) is 2.02. The third-order valence-corrected chi connectivity index (χ3v) is 3.73. The number of hydrogen-bond donors (Lipinski definition) is 1. The van der Waals surface area contributed by atoms with E-state index in [0.29, 0.717) is 6.04 Å². The van der Waals surface area contributed by atoms with Crippen molar-refractivity contribution in [2.75, 3.05) is 19.6 Å². The number of piperidine rings is 1. The molecule has 2 rings (SSSR count). The van der Waals surface area contributed by atoms with Crippen LogP contribution in [-0.2, 0) is 13.6 Å². The van der Waals surface area contributed by atoms with Crippen molar-refractivity contribution >= 4 is 0 Å². The van der Waals surface area contributed by atoms with Gasteiger partial charge in [-0.25, -0.2) is 0 Å². The van der Waals surface area contributed by atoms with Gasteiger partial charge >= 0.3 is 0 Å². The van der Waals surface area contributed by atoms with Gasteiger partial charge in [-0.3, -0.25) is 9.58 Å². The molecule has 102 valence electrons. The normalized spacial score (nSPS) is 21.7. The SMILES string of the molecule is CC(C)NCC1CCCN(Cc2ccnn2C)C1. The summed E-state index contributed by atoms with van der Waals surface area (Å²) in [6.07, 6.45) is 4.57. The lowest BCUT2D eigenvalue weighted by atomic mass is 9.97. The first kappa shape index (κ1) is 13.6. The lowest BCUT2D eigenvalue weighted by Crippen LogP contribution is -2.40. The number of nitrogens with one attached hydrogen (secondary N) is 1. The van der Waals surface area contributed by atoms with E-state index < -0.39 is 0 Å². The largest absolute Gasteiger partial charge is 0.314 e. The van der Waals surface area contributed by atoms with E-state index in [4.69, 9.17) is 0 Å². The number of aromatic nitrogens is 2. The average molecular weight is 250 g/mol. The number of nitrogens with zero attached hydrogens (tertiary/aromatic N) is 3. The zero-order chi connectivity index (χ0) is 13.0. The molecule has 0 spiro atoms. The molecule has 2 heterocycles. The molecule has 1 aliphatic rings. The molecule has 1 fully saturated rings. The van der Waals surface area contributed by atoms with Gasteiger partial charge < -0.3 is 5.32 Å². The van der Waals surface area contributed by atoms with Crippen molar-refractivity contribution in [2.45, 2.75) is 39.3 Å². The van der Waals surface area contributed by atoms with Gasteiger partial charge in [0.2, 0.25) is 0 Å². The quantitative estimate of drug-likeness (QED) is 0.862. The van der Waals surface area contributed by atoms with Crippen LogP contribution in [0.3, 0.4) is 0 Å². The molecule has 1 unspecified atom stereocenters. The molecular weight excluding hydrogens is 224 g/mol. The van der Waals surface area contributed by atoms with Gasteiger partial charge in [0.05, 0.1) is 5.69 Å². The molecule has 0 saturated carbocycles. The van der Waals surface area contributed by atoms with E-state index in [2.05, 4.69) is 35.2 Å². The van der Waals surface area contributed by atoms with E-state index >= 15 is 0 Å². The van der Waals surface area contributed by atoms with Crippen LogP contribution in [0.25, 0.3) is 0 Å². The minimum absolute atomic E-state index is 0.595. The molecule has 0 amide bonds. The fourth-order valence-electron chi connectivity index (χ4n) is 2.65. The monoisotopic (exact) mass is 250 g/mol. The Morgan fingerprint density at radius 3 is 3.00 bits per heavy atom. The maximum Gasteiger partial charge on any atom is 0.0521 e. The van der Waals surface area contributed by atoms with Crippen molar-refractivity contribution in [1.29, 1.82) is 0 Å². The van der Waals surface area contributed by atoms with E-state index in [-0.39, 0.29) is 0 Å². The molecule has 0 radical (unpaired) electrons. The highest BCUT2D eigenvalue weighted by atomic mass is 15.3. The molecule has 0 bridgehead atoms. The second-order valence-corrected chi connectivity index (χ2v) is 5.75. The second-order valence-electron chi connectivity index (χ2n) is 5.75. The van der Waals surface area contributed by atoms with Gasteiger partial charge in [0.1, 0.15) is 0 Å². The van der Waals surface area contributed by atoms with Crippen molar-refractivity contribution < 1.29 is 0 Å². The Labute approximate surface area is 110 Å². The maximum absolute atomic E-state index is 4.24. The van der Waals surface area contributed by atoms with Crippen LogP contribution in [0.2, 0.25) is 0 Å². The van der Waals surface area contributed by atoms with Gasteiger partial charge in [-0.05, 0) is 37.9 Å². The van der Waals surface area contributed by atoms with Crippen LogP contribution in [0.4, 0.5) is 0 Å². The summed E-state index contributed by atoms with van der Waals surface area (Å²) in [5, 5.41) is 7.80. The van der Waals surface area contributed by atoms with Gasteiger partial charge in [0.15, 0.2) is 0 Å². The van der Waals surface area contributed by atoms with Crippen LogP contribution in [0.5, 0.6) is 0 Å². The number of aryl methyl sites for hydroxylation is 1. The Kier molecular flexibility index (Phi) is 4.78. The van der Waals surface area contributed by atoms with Crippen LogP contribution >= 0.6 is 0 Å². The number of likely N-dealkylation sites (tertiary alicyclic amines) is 1. The molecule has 0 aliphatic carbocycles. The summed E-state index contributed by atoms with van der Waals surface area (Å²) in [5.41, 5.74) is 1.31. The summed E-state index contributed by atoms with van der Waals surface area (Å²) in [6, 6.07) is 2.72. The molecule has 4 heteroatoms. The fraction of sp³-hybridized carbons (Fsp3) is 0.786. The fourth-order valence-corrected chi connectivity index (χ4v) is 2.65. The summed E-state index contributed by atoms with van der Waals surface area (Å²) in [5.74, 6) is 0.800. The van der Waals surface area contributed by atoms with Gasteiger partial charge in [-0.1, -0.05) is 13.8 Å². The van der Waals surface area contributed by atoms with E-state index in [1.54, 1.807) is 0 Å². The topological polar surface area (TPSA) is 33.1 Å². The van der Waals surface area contributed by atoms with E-state index in [1.807, 2.05) is 17.9 Å². The minimum atomic E-state index is 0.595. The van der Waals surface area contributed by atoms with E-state index in [9.17, 15) is 0 Å². The molecule has 1 aliphatic heterocycles. The summed E-state index contributed by atoms with van der Waals surface area (Å²) in [6.45, 7) is 9.06. The highest BCUT2D eigenvalue weighted by Gasteiger charge is 2.20. The van der Waals surface area contributed by atoms with Crippen molar-refractivity contribution in [3.8, 4) is 0 Å². The van der Waals surface area contributed by atoms with Gasteiger partial charge in [0, 0.05) is 32.4 Å². The summed E-state index contributed by atoms with van der Waals surface area (Å²) < 4.78 is 1.98. The molecule has 1 aromatic heterocycles. The first-order chi connectivity index (χ1) is 8.65. The molecule has 1 N–H and O–H groups in total. The van der Waals surface area contributed by atoms with Crippen molar-refractivity contribution in [1.82, 2.24) is 20.0 Å². The lowest BCUT2D eigenvalue weighted by Gasteiger charge is -2.33. The van der Waals surface area contributed by atoms with Crippen LogP contribution in [0.1, 0.15) is 32.4 Å². The summed E-state index contributed by atoms with van der Waals surface area (Å²) in [4.78, 5) is 2.56. The van der Waals surface area contributed by atoms with Crippen LogP contribution in [0, 0.1) is 5.92 Å². The van der Waals surface area contributed by atoms with Gasteiger partial charge in [-0.15, -0.1) is 0 Å². The third-order valence-electron chi connectivity index (χ3n) is 3.73. The van der Waals surface area contributed by atoms with Crippen molar-refractivity contribution in [2.24, 2.45) is 13.0 Å². The predicted molar refractivity (Wildman–Crippen MR) is 74.3 cm³/mol. The van der Waals surface area contributed by atoms with Crippen molar-refractivity contribution in [3.63, 3.8) is 0 Å². The minimum Gasteiger partial charge on any atom is -0.314 e. The Morgan fingerprint density at radius 1 is 1.50 bits per heavy atom. The molecule has 1 saturated heterocycles. The molecule has 18 heavy (non-hydrogen) atoms. The first-order valence-electron chi connectivity index (χ1n) is 7.07. The zero-order valence-corrected chi connectivity index (χ0v) is 11.9. The average Bonchev–Trinajstić information content (AvgIpc) is 2.73. The second kappa shape index (κ2) is 6.34. The Bertz CT molecular complexity index is 358. The Morgan fingerprint density at radius 2 is 2.33 bits per heavy atom. The number of rotatable bonds is 5. The predicted octanol–water partition coefficient (Wildman–Crippen LogP) is 1.63. The maximum atomic E-state index is 4.24. The van der Waals surface area contributed by atoms with Crippen LogP contribution in [-0.4, -0.2) is 40.4 Å². The lowest BCUT2D eigenvalue weighted by molar-refractivity contribution is 0.160. The molecular formula is C14H26N4. The Balaban J connectivity index is 1.81. The number of hydrogen-bond acceptors (Lipinski definition) is 3. The standard InChI is InChI=1S/C14H26N4/c1-12(2)15-9-13-5-4-8-18(10-13)11-14-6-7-16-17(14)3/h6-7,12-13,15H,4-5,8-11H2,1-3H3. The highest BCUT2D eigenvalue weighted by molar-refractivity contribution is 5.00. The van der Waals surface area contributed by atoms with E-state index in [0.717, 1.165) is 19.0 Å². The molecule has 1 atom stereocenters. The molecule has 0 aromatic carbocycles. The van der Waals surface area contributed by atoms with E-state index in [1.165, 1.54) is 31.6 Å². The zero-order valence-electron chi connectivity index (χ0n) is 11.9. The Hall–Kier alpha value is -0.870. The van der Waals surface area contributed by atoms with Gasteiger partial charge in [0.25, 0.3) is 0 Å².